The van der Waals surface area contributed by atoms with Gasteiger partial charge in [0.25, 0.3) is 0 Å². The molecule has 2 aromatic rings. The Morgan fingerprint density at radius 2 is 2.28 bits per heavy atom. The number of fused-ring (bicyclic) bond motifs is 1. The average Bonchev–Trinajstić information content (AvgIpc) is 2.77. The molecule has 0 saturated carbocycles. The first-order chi connectivity index (χ1) is 8.72. The molecule has 0 aliphatic carbocycles. The van der Waals surface area contributed by atoms with Crippen LogP contribution >= 0.6 is 11.3 Å². The number of aliphatic hydroxyl groups is 1. The van der Waals surface area contributed by atoms with Gasteiger partial charge in [-0.3, -0.25) is 0 Å². The van der Waals surface area contributed by atoms with Gasteiger partial charge >= 0.3 is 0 Å². The molecule has 0 saturated heterocycles. The number of ether oxygens (including phenoxy) is 2. The van der Waals surface area contributed by atoms with Crippen LogP contribution in [0.2, 0.25) is 0 Å². The third-order valence-electron chi connectivity index (χ3n) is 2.51. The van der Waals surface area contributed by atoms with Crippen LogP contribution in [0, 0.1) is 0 Å². The molecule has 1 atom stereocenters. The van der Waals surface area contributed by atoms with Gasteiger partial charge in [0, 0.05) is 13.5 Å². The highest BCUT2D eigenvalue weighted by Crippen LogP contribution is 2.38. The van der Waals surface area contributed by atoms with Gasteiger partial charge in [-0.15, -0.1) is 11.3 Å². The molecule has 7 heteroatoms. The number of methoxy groups -OCH3 is 2. The molecule has 0 aliphatic rings. The number of hydrogen-bond acceptors (Lipinski definition) is 7. The Morgan fingerprint density at radius 3 is 2.89 bits per heavy atom. The molecule has 2 heterocycles. The summed E-state index contributed by atoms with van der Waals surface area (Å²) in [7, 11) is 2.89. The fourth-order valence-electron chi connectivity index (χ4n) is 1.73. The summed E-state index contributed by atoms with van der Waals surface area (Å²) in [6.45, 7) is 0. The highest BCUT2D eigenvalue weighted by atomic mass is 32.1. The molecule has 18 heavy (non-hydrogen) atoms. The maximum Gasteiger partial charge on any atom is 0.225 e. The first-order valence-corrected chi connectivity index (χ1v) is 5.99. The van der Waals surface area contributed by atoms with Gasteiger partial charge in [0.2, 0.25) is 5.88 Å². The minimum absolute atomic E-state index is 0.152. The zero-order valence-corrected chi connectivity index (χ0v) is 10.7. The van der Waals surface area contributed by atoms with E-state index in [0.717, 1.165) is 6.29 Å². The minimum atomic E-state index is -1.08. The molecule has 6 nitrogen and oxygen atoms in total. The number of carbonyl (C=O) groups is 1. The largest absolute Gasteiger partial charge is 0.480 e. The van der Waals surface area contributed by atoms with Crippen LogP contribution in [0.4, 0.5) is 0 Å². The highest BCUT2D eigenvalue weighted by Gasteiger charge is 2.22. The number of rotatable bonds is 5. The van der Waals surface area contributed by atoms with Crippen molar-refractivity contribution in [1.82, 2.24) is 9.97 Å². The van der Waals surface area contributed by atoms with Gasteiger partial charge in [-0.2, -0.15) is 0 Å². The lowest BCUT2D eigenvalue weighted by atomic mass is 10.1. The van der Waals surface area contributed by atoms with Crippen LogP contribution in [0.15, 0.2) is 6.33 Å². The molecule has 0 fully saturated rings. The third-order valence-corrected chi connectivity index (χ3v) is 3.68. The van der Waals surface area contributed by atoms with Crippen molar-refractivity contribution in [2.75, 3.05) is 14.2 Å². The molecule has 0 amide bonds. The van der Waals surface area contributed by atoms with E-state index in [-0.39, 0.29) is 6.42 Å². The average molecular weight is 268 g/mol. The van der Waals surface area contributed by atoms with E-state index in [9.17, 15) is 9.90 Å². The van der Waals surface area contributed by atoms with Crippen molar-refractivity contribution >= 4 is 27.8 Å². The Bertz CT molecular complexity index is 569. The van der Waals surface area contributed by atoms with Crippen molar-refractivity contribution in [2.24, 2.45) is 0 Å². The van der Waals surface area contributed by atoms with Crippen LogP contribution in [-0.4, -0.2) is 35.6 Å². The molecule has 1 N–H and O–H groups in total. The first kappa shape index (κ1) is 12.9. The predicted molar refractivity (Wildman–Crippen MR) is 65.7 cm³/mol. The van der Waals surface area contributed by atoms with Gasteiger partial charge in [0.1, 0.15) is 17.4 Å². The monoisotopic (exact) mass is 268 g/mol. The highest BCUT2D eigenvalue weighted by molar-refractivity contribution is 7.19. The van der Waals surface area contributed by atoms with Crippen molar-refractivity contribution < 1.29 is 19.4 Å². The number of aromatic nitrogens is 2. The number of aliphatic hydroxyl groups excluding tert-OH is 1. The Labute approximate surface area is 107 Å². The van der Waals surface area contributed by atoms with Crippen molar-refractivity contribution in [3.63, 3.8) is 0 Å². The molecule has 2 rings (SSSR count). The number of nitrogens with zero attached hydrogens (tertiary/aromatic N) is 2. The summed E-state index contributed by atoms with van der Waals surface area (Å²) < 4.78 is 10.0. The second-order valence-electron chi connectivity index (χ2n) is 3.47. The lowest BCUT2D eigenvalue weighted by molar-refractivity contribution is -0.107. The summed E-state index contributed by atoms with van der Waals surface area (Å²) in [6, 6.07) is 0. The van der Waals surface area contributed by atoms with E-state index < -0.39 is 6.29 Å². The van der Waals surface area contributed by atoms with E-state index in [1.165, 1.54) is 31.9 Å². The summed E-state index contributed by atoms with van der Waals surface area (Å²) in [5.74, 6) is 0.391. The topological polar surface area (TPSA) is 81.5 Å². The lowest BCUT2D eigenvalue weighted by Crippen LogP contribution is -2.01. The maximum absolute atomic E-state index is 10.8. The van der Waals surface area contributed by atoms with Crippen LogP contribution in [0.1, 0.15) is 16.7 Å². The van der Waals surface area contributed by atoms with E-state index in [1.54, 1.807) is 0 Å². The molecular formula is C11H12N2O4S. The summed E-state index contributed by atoms with van der Waals surface area (Å²) >= 11 is 1.26. The van der Waals surface area contributed by atoms with Crippen molar-refractivity contribution in [3.05, 3.63) is 16.8 Å². The summed E-state index contributed by atoms with van der Waals surface area (Å²) in [5.41, 5.74) is 0.650. The molecule has 0 spiro atoms. The lowest BCUT2D eigenvalue weighted by Gasteiger charge is -2.08. The molecule has 0 aliphatic heterocycles. The summed E-state index contributed by atoms with van der Waals surface area (Å²) in [5, 5.41) is 10.4. The fraction of sp³-hybridized carbons (Fsp3) is 0.364. The Balaban J connectivity index is 2.71. The Morgan fingerprint density at radius 1 is 1.50 bits per heavy atom. The van der Waals surface area contributed by atoms with Crippen molar-refractivity contribution in [2.45, 2.75) is 12.7 Å². The predicted octanol–water partition coefficient (Wildman–Crippen LogP) is 1.08. The van der Waals surface area contributed by atoms with E-state index >= 15 is 0 Å². The van der Waals surface area contributed by atoms with Gasteiger partial charge in [-0.25, -0.2) is 9.97 Å². The second-order valence-corrected chi connectivity index (χ2v) is 4.50. The fourth-order valence-corrected chi connectivity index (χ4v) is 2.85. The maximum atomic E-state index is 10.8. The number of aldehydes is 1. The van der Waals surface area contributed by atoms with Crippen LogP contribution in [0.5, 0.6) is 5.88 Å². The number of hydrogen-bond donors (Lipinski definition) is 1. The normalized spacial score (nSPS) is 12.6. The molecule has 0 aromatic carbocycles. The van der Waals surface area contributed by atoms with Gasteiger partial charge in [-0.1, -0.05) is 0 Å². The SMILES string of the molecule is COc1ncnc2sc(C(O)OC)c(CC=O)c12. The van der Waals surface area contributed by atoms with Crippen LogP contribution < -0.4 is 4.74 Å². The van der Waals surface area contributed by atoms with E-state index in [2.05, 4.69) is 9.97 Å². The van der Waals surface area contributed by atoms with Crippen LogP contribution in [-0.2, 0) is 16.0 Å². The van der Waals surface area contributed by atoms with Gasteiger partial charge in [0.05, 0.1) is 17.4 Å². The molecule has 0 radical (unpaired) electrons. The number of carbonyl (C=O) groups excluding carboxylic acids is 1. The zero-order chi connectivity index (χ0) is 13.1. The molecule has 1 unspecified atom stereocenters. The summed E-state index contributed by atoms with van der Waals surface area (Å²) in [6.07, 6.45) is 1.22. The second kappa shape index (κ2) is 5.38. The van der Waals surface area contributed by atoms with Crippen molar-refractivity contribution in [1.29, 1.82) is 0 Å². The van der Waals surface area contributed by atoms with E-state index in [0.29, 0.717) is 26.5 Å². The Kier molecular flexibility index (Phi) is 3.85. The van der Waals surface area contributed by atoms with Gasteiger partial charge < -0.3 is 19.4 Å². The molecule has 2 aromatic heterocycles. The van der Waals surface area contributed by atoms with Gasteiger partial charge in [-0.05, 0) is 5.56 Å². The molecule has 96 valence electrons. The smallest absolute Gasteiger partial charge is 0.225 e. The first-order valence-electron chi connectivity index (χ1n) is 5.17. The number of thiophene rings is 1. The van der Waals surface area contributed by atoms with Crippen LogP contribution in [0.25, 0.3) is 10.2 Å². The molecular weight excluding hydrogens is 256 g/mol. The summed E-state index contributed by atoms with van der Waals surface area (Å²) in [4.78, 5) is 20.1. The van der Waals surface area contributed by atoms with E-state index in [4.69, 9.17) is 9.47 Å². The molecule has 0 bridgehead atoms. The Hall–Kier alpha value is -1.57. The van der Waals surface area contributed by atoms with E-state index in [1.807, 2.05) is 0 Å². The third kappa shape index (κ3) is 2.07. The van der Waals surface area contributed by atoms with Gasteiger partial charge in [0.15, 0.2) is 6.29 Å². The quantitative estimate of drug-likeness (QED) is 0.645. The van der Waals surface area contributed by atoms with Crippen molar-refractivity contribution in [3.8, 4) is 5.88 Å². The zero-order valence-electron chi connectivity index (χ0n) is 9.91. The minimum Gasteiger partial charge on any atom is -0.480 e. The standard InChI is InChI=1S/C11H12N2O4S/c1-16-9-7-6(3-4-14)8(11(15)17-2)18-10(7)13-5-12-9/h4-5,11,15H,3H2,1-2H3. The van der Waals surface area contributed by atoms with Crippen LogP contribution in [0.3, 0.4) is 0 Å².